The lowest BCUT2D eigenvalue weighted by atomic mass is 10.3. The maximum Gasteiger partial charge on any atom is 0.214 e. The zero-order valence-corrected chi connectivity index (χ0v) is 12.9. The fourth-order valence-electron chi connectivity index (χ4n) is 1.90. The summed E-state index contributed by atoms with van der Waals surface area (Å²) in [6.45, 7) is 5.85. The van der Waals surface area contributed by atoms with E-state index in [2.05, 4.69) is 25.1 Å². The molecule has 0 unspecified atom stereocenters. The Balaban J connectivity index is 2.32. The largest absolute Gasteiger partial charge is 0.315 e. The Morgan fingerprint density at radius 2 is 2.05 bits per heavy atom. The Bertz CT molecular complexity index is 394. The van der Waals surface area contributed by atoms with Crippen molar-refractivity contribution in [3.05, 3.63) is 0 Å². The fraction of sp³-hybridized carbons (Fsp3) is 0.857. The monoisotopic (exact) mass is 286 g/mol. The first-order valence-electron chi connectivity index (χ1n) is 7.10. The summed E-state index contributed by atoms with van der Waals surface area (Å²) in [6.07, 6.45) is 9.10. The molecule has 5 heteroatoms. The highest BCUT2D eigenvalue weighted by molar-refractivity contribution is 7.89. The van der Waals surface area contributed by atoms with E-state index >= 15 is 0 Å². The first-order chi connectivity index (χ1) is 8.95. The average molecular weight is 286 g/mol. The number of unbranched alkanes of at least 4 members (excludes halogenated alkanes) is 1. The topological polar surface area (TPSA) is 49.4 Å². The van der Waals surface area contributed by atoms with Crippen molar-refractivity contribution in [3.8, 4) is 12.3 Å². The first kappa shape index (κ1) is 16.5. The van der Waals surface area contributed by atoms with Crippen LogP contribution in [0.4, 0.5) is 0 Å². The molecule has 1 saturated carbocycles. The van der Waals surface area contributed by atoms with Gasteiger partial charge in [-0.25, -0.2) is 8.42 Å². The predicted molar refractivity (Wildman–Crippen MR) is 79.3 cm³/mol. The van der Waals surface area contributed by atoms with Gasteiger partial charge >= 0.3 is 0 Å². The van der Waals surface area contributed by atoms with Crippen LogP contribution in [-0.4, -0.2) is 44.2 Å². The molecule has 0 aromatic heterocycles. The third-order valence-corrected chi connectivity index (χ3v) is 5.07. The second kappa shape index (κ2) is 7.88. The summed E-state index contributed by atoms with van der Waals surface area (Å²) < 4.78 is 25.9. The van der Waals surface area contributed by atoms with Crippen molar-refractivity contribution in [2.75, 3.05) is 25.4 Å². The molecule has 19 heavy (non-hydrogen) atoms. The quantitative estimate of drug-likeness (QED) is 0.488. The lowest BCUT2D eigenvalue weighted by molar-refractivity contribution is 0.428. The van der Waals surface area contributed by atoms with Gasteiger partial charge in [0.15, 0.2) is 0 Å². The van der Waals surface area contributed by atoms with Crippen molar-refractivity contribution >= 4 is 10.0 Å². The zero-order valence-electron chi connectivity index (χ0n) is 12.1. The minimum atomic E-state index is -3.18. The molecule has 0 bridgehead atoms. The Morgan fingerprint density at radius 1 is 1.37 bits per heavy atom. The standard InChI is InChI=1S/C14H26N2O2S/c1-4-10-16(12-14-7-8-14)19(17,18)11-6-5-9-15-13(2)3/h1,13-15H,5-12H2,2-3H3. The lowest BCUT2D eigenvalue weighted by Gasteiger charge is -2.19. The van der Waals surface area contributed by atoms with E-state index in [1.807, 2.05) is 0 Å². The SMILES string of the molecule is C#CCN(CC1CC1)S(=O)(=O)CCCCNC(C)C. The molecule has 0 spiro atoms. The molecule has 1 aliphatic carbocycles. The lowest BCUT2D eigenvalue weighted by Crippen LogP contribution is -2.35. The summed E-state index contributed by atoms with van der Waals surface area (Å²) in [4.78, 5) is 0. The van der Waals surface area contributed by atoms with Gasteiger partial charge in [0.1, 0.15) is 0 Å². The van der Waals surface area contributed by atoms with Crippen LogP contribution in [0.3, 0.4) is 0 Å². The van der Waals surface area contributed by atoms with Crippen molar-refractivity contribution in [1.29, 1.82) is 0 Å². The normalized spacial score (nSPS) is 15.9. The average Bonchev–Trinajstić information content (AvgIpc) is 3.11. The highest BCUT2D eigenvalue weighted by Gasteiger charge is 2.29. The van der Waals surface area contributed by atoms with Gasteiger partial charge in [0.25, 0.3) is 0 Å². The van der Waals surface area contributed by atoms with Gasteiger partial charge in [-0.1, -0.05) is 19.8 Å². The van der Waals surface area contributed by atoms with E-state index in [1.165, 1.54) is 4.31 Å². The van der Waals surface area contributed by atoms with E-state index in [1.54, 1.807) is 0 Å². The van der Waals surface area contributed by atoms with Crippen LogP contribution in [0.25, 0.3) is 0 Å². The number of nitrogens with zero attached hydrogens (tertiary/aromatic N) is 1. The summed E-state index contributed by atoms with van der Waals surface area (Å²) in [5, 5.41) is 3.29. The smallest absolute Gasteiger partial charge is 0.214 e. The third kappa shape index (κ3) is 6.95. The van der Waals surface area contributed by atoms with E-state index < -0.39 is 10.0 Å². The predicted octanol–water partition coefficient (Wildman–Crippen LogP) is 1.44. The number of terminal acetylenes is 1. The summed E-state index contributed by atoms with van der Waals surface area (Å²) in [5.74, 6) is 3.20. The van der Waals surface area contributed by atoms with Crippen molar-refractivity contribution in [2.45, 2.75) is 45.6 Å². The molecule has 0 aliphatic heterocycles. The molecule has 4 nitrogen and oxygen atoms in total. The molecule has 0 aromatic carbocycles. The van der Waals surface area contributed by atoms with E-state index in [0.717, 1.165) is 25.8 Å². The molecule has 1 N–H and O–H groups in total. The molecule has 0 radical (unpaired) electrons. The van der Waals surface area contributed by atoms with Crippen LogP contribution in [0.5, 0.6) is 0 Å². The number of hydrogen-bond acceptors (Lipinski definition) is 3. The number of hydrogen-bond donors (Lipinski definition) is 1. The minimum absolute atomic E-state index is 0.209. The third-order valence-electron chi connectivity index (χ3n) is 3.20. The van der Waals surface area contributed by atoms with Crippen molar-refractivity contribution in [3.63, 3.8) is 0 Å². The van der Waals surface area contributed by atoms with Gasteiger partial charge in [-0.2, -0.15) is 4.31 Å². The van der Waals surface area contributed by atoms with Crippen LogP contribution in [0.2, 0.25) is 0 Å². The van der Waals surface area contributed by atoms with Gasteiger partial charge in [-0.3, -0.25) is 0 Å². The summed E-state index contributed by atoms with van der Waals surface area (Å²) in [6, 6.07) is 0.449. The van der Waals surface area contributed by atoms with Crippen LogP contribution >= 0.6 is 0 Å². The van der Waals surface area contributed by atoms with E-state index in [9.17, 15) is 8.42 Å². The van der Waals surface area contributed by atoms with E-state index in [-0.39, 0.29) is 12.3 Å². The van der Waals surface area contributed by atoms with Crippen LogP contribution in [0.1, 0.15) is 39.5 Å². The maximum absolute atomic E-state index is 12.2. The Labute approximate surface area is 118 Å². The first-order valence-corrected chi connectivity index (χ1v) is 8.71. The number of nitrogens with one attached hydrogen (secondary N) is 1. The summed E-state index contributed by atoms with van der Waals surface area (Å²) >= 11 is 0. The summed E-state index contributed by atoms with van der Waals surface area (Å²) in [5.41, 5.74) is 0. The second-order valence-electron chi connectivity index (χ2n) is 5.57. The fourth-order valence-corrected chi connectivity index (χ4v) is 3.43. The van der Waals surface area contributed by atoms with Crippen molar-refractivity contribution in [1.82, 2.24) is 9.62 Å². The highest BCUT2D eigenvalue weighted by atomic mass is 32.2. The van der Waals surface area contributed by atoms with Crippen LogP contribution < -0.4 is 5.32 Å². The molecule has 0 heterocycles. The molecule has 1 fully saturated rings. The van der Waals surface area contributed by atoms with Crippen LogP contribution in [-0.2, 0) is 10.0 Å². The summed E-state index contributed by atoms with van der Waals surface area (Å²) in [7, 11) is -3.18. The second-order valence-corrected chi connectivity index (χ2v) is 7.66. The molecule has 1 rings (SSSR count). The Morgan fingerprint density at radius 3 is 2.58 bits per heavy atom. The molecule has 0 amide bonds. The van der Waals surface area contributed by atoms with Gasteiger partial charge < -0.3 is 5.32 Å². The molecular formula is C14H26N2O2S. The highest BCUT2D eigenvalue weighted by Crippen LogP contribution is 2.30. The van der Waals surface area contributed by atoms with Crippen molar-refractivity contribution in [2.24, 2.45) is 5.92 Å². The van der Waals surface area contributed by atoms with Gasteiger partial charge in [-0.15, -0.1) is 6.42 Å². The van der Waals surface area contributed by atoms with Gasteiger partial charge in [0.05, 0.1) is 12.3 Å². The Hall–Kier alpha value is -0.570. The molecule has 110 valence electrons. The number of sulfonamides is 1. The van der Waals surface area contributed by atoms with Crippen molar-refractivity contribution < 1.29 is 8.42 Å². The van der Waals surface area contributed by atoms with Gasteiger partial charge in [0, 0.05) is 12.6 Å². The molecule has 0 saturated heterocycles. The molecule has 1 aliphatic rings. The minimum Gasteiger partial charge on any atom is -0.315 e. The van der Waals surface area contributed by atoms with E-state index in [0.29, 0.717) is 24.9 Å². The van der Waals surface area contributed by atoms with E-state index in [4.69, 9.17) is 6.42 Å². The molecule has 0 aromatic rings. The molecule has 0 atom stereocenters. The van der Waals surface area contributed by atoms with Gasteiger partial charge in [-0.05, 0) is 38.1 Å². The number of rotatable bonds is 10. The maximum atomic E-state index is 12.2. The van der Waals surface area contributed by atoms with Crippen LogP contribution in [0.15, 0.2) is 0 Å². The van der Waals surface area contributed by atoms with Crippen LogP contribution in [0, 0.1) is 18.3 Å². The molecular weight excluding hydrogens is 260 g/mol. The zero-order chi connectivity index (χ0) is 14.3. The van der Waals surface area contributed by atoms with Gasteiger partial charge in [0.2, 0.25) is 10.0 Å². The Kier molecular flexibility index (Phi) is 6.84.